The molecule has 0 bridgehead atoms. The Hall–Kier alpha value is -1.55. The van der Waals surface area contributed by atoms with Gasteiger partial charge in [0.1, 0.15) is 5.75 Å². The largest absolute Gasteiger partial charge is 0.507 e. The van der Waals surface area contributed by atoms with E-state index in [0.717, 1.165) is 18.4 Å². The highest BCUT2D eigenvalue weighted by molar-refractivity contribution is 5.97. The van der Waals surface area contributed by atoms with Crippen molar-refractivity contribution in [3.05, 3.63) is 29.3 Å². The predicted octanol–water partition coefficient (Wildman–Crippen LogP) is 2.09. The van der Waals surface area contributed by atoms with E-state index in [1.807, 2.05) is 19.9 Å². The molecule has 1 rings (SSSR count). The van der Waals surface area contributed by atoms with E-state index in [1.165, 1.54) is 0 Å². The van der Waals surface area contributed by atoms with Crippen molar-refractivity contribution < 1.29 is 15.0 Å². The van der Waals surface area contributed by atoms with Gasteiger partial charge in [-0.25, -0.2) is 0 Å². The van der Waals surface area contributed by atoms with Crippen LogP contribution in [0.25, 0.3) is 0 Å². The number of nitrogens with one attached hydrogen (secondary N) is 1. The maximum atomic E-state index is 12.0. The van der Waals surface area contributed by atoms with Crippen LogP contribution in [0.3, 0.4) is 0 Å². The lowest BCUT2D eigenvalue weighted by Crippen LogP contribution is -2.29. The first-order valence-electron chi connectivity index (χ1n) is 6.83. The van der Waals surface area contributed by atoms with Gasteiger partial charge in [-0.2, -0.15) is 0 Å². The van der Waals surface area contributed by atoms with Gasteiger partial charge in [-0.05, 0) is 36.5 Å². The van der Waals surface area contributed by atoms with Crippen LogP contribution in [0.15, 0.2) is 18.2 Å². The summed E-state index contributed by atoms with van der Waals surface area (Å²) in [6.07, 6.45) is 2.41. The SMILES string of the molecule is CCc1ccc(O)c(C(=O)NCC(CC)CCO)c1. The summed E-state index contributed by atoms with van der Waals surface area (Å²) >= 11 is 0. The van der Waals surface area contributed by atoms with Gasteiger partial charge >= 0.3 is 0 Å². The van der Waals surface area contributed by atoms with Gasteiger partial charge in [-0.3, -0.25) is 4.79 Å². The van der Waals surface area contributed by atoms with Gasteiger partial charge in [0.2, 0.25) is 0 Å². The first kappa shape index (κ1) is 15.5. The number of aliphatic hydroxyl groups excluding tert-OH is 1. The Bertz CT molecular complexity index is 418. The molecule has 1 aromatic rings. The number of phenolic OH excluding ortho intramolecular Hbond substituents is 1. The van der Waals surface area contributed by atoms with Crippen LogP contribution >= 0.6 is 0 Å². The Morgan fingerprint density at radius 2 is 2.11 bits per heavy atom. The molecule has 1 aromatic carbocycles. The number of rotatable bonds is 7. The molecule has 106 valence electrons. The number of phenols is 1. The molecule has 0 saturated carbocycles. The minimum atomic E-state index is -0.260. The summed E-state index contributed by atoms with van der Waals surface area (Å²) in [6.45, 7) is 4.68. The van der Waals surface area contributed by atoms with E-state index in [4.69, 9.17) is 5.11 Å². The predicted molar refractivity (Wildman–Crippen MR) is 75.3 cm³/mol. The second-order valence-electron chi connectivity index (χ2n) is 4.70. The van der Waals surface area contributed by atoms with Gasteiger partial charge in [-0.15, -0.1) is 0 Å². The third-order valence-corrected chi connectivity index (χ3v) is 3.38. The third kappa shape index (κ3) is 4.56. The fourth-order valence-corrected chi connectivity index (χ4v) is 1.95. The fraction of sp³-hybridized carbons (Fsp3) is 0.533. The molecule has 4 nitrogen and oxygen atoms in total. The summed E-state index contributed by atoms with van der Waals surface area (Å²) in [7, 11) is 0. The van der Waals surface area contributed by atoms with Crippen LogP contribution in [-0.4, -0.2) is 29.3 Å². The van der Waals surface area contributed by atoms with Gasteiger partial charge < -0.3 is 15.5 Å². The molecule has 1 atom stereocenters. The van der Waals surface area contributed by atoms with E-state index in [-0.39, 0.29) is 24.2 Å². The minimum Gasteiger partial charge on any atom is -0.507 e. The van der Waals surface area contributed by atoms with Gasteiger partial charge in [0, 0.05) is 13.2 Å². The second kappa shape index (κ2) is 7.79. The molecule has 1 amide bonds. The number of carbonyl (C=O) groups is 1. The van der Waals surface area contributed by atoms with E-state index in [1.54, 1.807) is 12.1 Å². The zero-order valence-electron chi connectivity index (χ0n) is 11.6. The topological polar surface area (TPSA) is 69.6 Å². The minimum absolute atomic E-state index is 0.00454. The zero-order valence-corrected chi connectivity index (χ0v) is 11.6. The number of benzene rings is 1. The van der Waals surface area contributed by atoms with Crippen molar-refractivity contribution in [3.63, 3.8) is 0 Å². The third-order valence-electron chi connectivity index (χ3n) is 3.38. The van der Waals surface area contributed by atoms with Crippen LogP contribution in [0.5, 0.6) is 5.75 Å². The summed E-state index contributed by atoms with van der Waals surface area (Å²) in [5, 5.41) is 21.5. The van der Waals surface area contributed by atoms with E-state index in [2.05, 4.69) is 5.32 Å². The van der Waals surface area contributed by atoms with Crippen LogP contribution in [0.4, 0.5) is 0 Å². The molecule has 0 aliphatic carbocycles. The molecule has 0 saturated heterocycles. The van der Waals surface area contributed by atoms with Crippen molar-refractivity contribution in [2.45, 2.75) is 33.1 Å². The summed E-state index contributed by atoms with van der Waals surface area (Å²) in [4.78, 5) is 12.0. The number of aryl methyl sites for hydroxylation is 1. The molecule has 0 spiro atoms. The Morgan fingerprint density at radius 1 is 1.37 bits per heavy atom. The van der Waals surface area contributed by atoms with Crippen LogP contribution in [0.1, 0.15) is 42.6 Å². The average Bonchev–Trinajstić information content (AvgIpc) is 2.43. The highest BCUT2D eigenvalue weighted by atomic mass is 16.3. The van der Waals surface area contributed by atoms with Gasteiger partial charge in [0.25, 0.3) is 5.91 Å². The average molecular weight is 265 g/mol. The number of aliphatic hydroxyl groups is 1. The number of hydrogen-bond donors (Lipinski definition) is 3. The first-order chi connectivity index (χ1) is 9.12. The normalized spacial score (nSPS) is 12.2. The molecular weight excluding hydrogens is 242 g/mol. The molecular formula is C15H23NO3. The Balaban J connectivity index is 2.67. The highest BCUT2D eigenvalue weighted by Crippen LogP contribution is 2.19. The van der Waals surface area contributed by atoms with Crippen LogP contribution in [-0.2, 0) is 6.42 Å². The Morgan fingerprint density at radius 3 is 2.68 bits per heavy atom. The monoisotopic (exact) mass is 265 g/mol. The lowest BCUT2D eigenvalue weighted by Gasteiger charge is -2.15. The number of aromatic hydroxyl groups is 1. The van der Waals surface area contributed by atoms with Crippen LogP contribution in [0, 0.1) is 5.92 Å². The quantitative estimate of drug-likeness (QED) is 0.707. The molecule has 19 heavy (non-hydrogen) atoms. The molecule has 3 N–H and O–H groups in total. The van der Waals surface area contributed by atoms with E-state index in [0.29, 0.717) is 18.5 Å². The summed E-state index contributed by atoms with van der Waals surface area (Å²) < 4.78 is 0. The lowest BCUT2D eigenvalue weighted by atomic mass is 10.0. The van der Waals surface area contributed by atoms with Gasteiger partial charge in [0.05, 0.1) is 5.56 Å². The van der Waals surface area contributed by atoms with Crippen molar-refractivity contribution in [1.82, 2.24) is 5.32 Å². The number of carbonyl (C=O) groups excluding carboxylic acids is 1. The molecule has 4 heteroatoms. The van der Waals surface area contributed by atoms with Crippen molar-refractivity contribution >= 4 is 5.91 Å². The lowest BCUT2D eigenvalue weighted by molar-refractivity contribution is 0.0941. The first-order valence-corrected chi connectivity index (χ1v) is 6.83. The van der Waals surface area contributed by atoms with Crippen molar-refractivity contribution in [2.24, 2.45) is 5.92 Å². The van der Waals surface area contributed by atoms with Crippen LogP contribution < -0.4 is 5.32 Å². The summed E-state index contributed by atoms with van der Waals surface area (Å²) in [6, 6.07) is 5.09. The molecule has 1 unspecified atom stereocenters. The standard InChI is InChI=1S/C15H23NO3/c1-3-11-5-6-14(18)13(9-11)15(19)16-10-12(4-2)7-8-17/h5-6,9,12,17-18H,3-4,7-8,10H2,1-2H3,(H,16,19). The zero-order chi connectivity index (χ0) is 14.3. The van der Waals surface area contributed by atoms with Crippen molar-refractivity contribution in [3.8, 4) is 5.75 Å². The van der Waals surface area contributed by atoms with E-state index in [9.17, 15) is 9.90 Å². The maximum absolute atomic E-state index is 12.0. The molecule has 0 fully saturated rings. The Labute approximate surface area is 114 Å². The molecule has 0 heterocycles. The van der Waals surface area contributed by atoms with Crippen molar-refractivity contribution in [1.29, 1.82) is 0 Å². The van der Waals surface area contributed by atoms with Gasteiger partial charge in [0.15, 0.2) is 0 Å². The maximum Gasteiger partial charge on any atom is 0.255 e. The fourth-order valence-electron chi connectivity index (χ4n) is 1.95. The molecule has 0 radical (unpaired) electrons. The van der Waals surface area contributed by atoms with E-state index >= 15 is 0 Å². The second-order valence-corrected chi connectivity index (χ2v) is 4.70. The number of hydrogen-bond acceptors (Lipinski definition) is 3. The summed E-state index contributed by atoms with van der Waals surface area (Å²) in [5.41, 5.74) is 1.34. The number of amides is 1. The smallest absolute Gasteiger partial charge is 0.255 e. The van der Waals surface area contributed by atoms with Crippen molar-refractivity contribution in [2.75, 3.05) is 13.2 Å². The van der Waals surface area contributed by atoms with Crippen LogP contribution in [0.2, 0.25) is 0 Å². The molecule has 0 aliphatic heterocycles. The molecule has 0 aliphatic rings. The van der Waals surface area contributed by atoms with E-state index < -0.39 is 0 Å². The highest BCUT2D eigenvalue weighted by Gasteiger charge is 2.13. The Kier molecular flexibility index (Phi) is 6.36. The van der Waals surface area contributed by atoms with Gasteiger partial charge in [-0.1, -0.05) is 26.3 Å². The summed E-state index contributed by atoms with van der Waals surface area (Å²) in [5.74, 6) is 0.0135. The molecule has 0 aromatic heterocycles.